The van der Waals surface area contributed by atoms with Gasteiger partial charge in [-0.2, -0.15) is 0 Å². The molecule has 1 rings (SSSR count). The Kier molecular flexibility index (Phi) is 12.1. The molecular weight excluding hydrogens is 400 g/mol. The number of nitrogens with zero attached hydrogens (tertiary/aromatic N) is 4. The van der Waals surface area contributed by atoms with Gasteiger partial charge >= 0.3 is 0 Å². The summed E-state index contributed by atoms with van der Waals surface area (Å²) < 4.78 is 11.2. The Morgan fingerprint density at radius 3 is 2.81 bits per heavy atom. The minimum absolute atomic E-state index is 0.175. The Bertz CT molecular complexity index is 492. The molecule has 9 heteroatoms. The first kappa shape index (κ1) is 22.8. The van der Waals surface area contributed by atoms with Crippen molar-refractivity contribution in [2.75, 3.05) is 45.0 Å². The Morgan fingerprint density at radius 2 is 2.23 bits per heavy atom. The Balaban J connectivity index is 2.76. The van der Waals surface area contributed by atoms with Crippen LogP contribution in [0.4, 0.5) is 0 Å². The third kappa shape index (κ3) is 7.94. The first-order valence-electron chi connectivity index (χ1n) is 8.86. The van der Waals surface area contributed by atoms with E-state index < -0.39 is 0 Å². The molecule has 148 valence electrons. The summed E-state index contributed by atoms with van der Waals surface area (Å²) in [6.45, 7) is 13.4. The average molecular weight is 431 g/mol. The van der Waals surface area contributed by atoms with E-state index >= 15 is 0 Å². The predicted octanol–water partition coefficient (Wildman–Crippen LogP) is 1.72. The zero-order chi connectivity index (χ0) is 19.2. The Hall–Kier alpha value is -1.29. The fourth-order valence-corrected chi connectivity index (χ4v) is 2.91. The zero-order valence-electron chi connectivity index (χ0n) is 15.6. The van der Waals surface area contributed by atoms with Crippen LogP contribution in [0.25, 0.3) is 0 Å². The van der Waals surface area contributed by atoms with Gasteiger partial charge in [-0.3, -0.25) is 4.99 Å². The summed E-state index contributed by atoms with van der Waals surface area (Å²) in [7, 11) is 0. The van der Waals surface area contributed by atoms with Gasteiger partial charge in [0, 0.05) is 26.2 Å². The van der Waals surface area contributed by atoms with Gasteiger partial charge in [0.1, 0.15) is 12.4 Å². The van der Waals surface area contributed by atoms with Crippen LogP contribution in [0, 0.1) is 0 Å². The van der Waals surface area contributed by atoms with Crippen molar-refractivity contribution in [2.24, 2.45) is 20.7 Å². The quantitative estimate of drug-likeness (QED) is 0.152. The van der Waals surface area contributed by atoms with Gasteiger partial charge in [-0.1, -0.05) is 29.3 Å². The summed E-state index contributed by atoms with van der Waals surface area (Å²) in [5, 5.41) is 3.33. The number of amidine groups is 1. The van der Waals surface area contributed by atoms with Crippen molar-refractivity contribution in [2.45, 2.75) is 32.3 Å². The molecule has 1 fully saturated rings. The van der Waals surface area contributed by atoms with Gasteiger partial charge in [0.2, 0.25) is 0 Å². The van der Waals surface area contributed by atoms with Crippen molar-refractivity contribution in [1.29, 1.82) is 0 Å². The molecule has 0 aromatic heterocycles. The highest BCUT2D eigenvalue weighted by molar-refractivity contribution is 9.09. The fraction of sp³-hybridized carbons (Fsp3) is 0.706. The van der Waals surface area contributed by atoms with Gasteiger partial charge < -0.3 is 25.4 Å². The Labute approximate surface area is 164 Å². The number of nitrogens with two attached hydrogens (primary N) is 1. The molecule has 0 radical (unpaired) electrons. The highest BCUT2D eigenvalue weighted by Crippen LogP contribution is 2.17. The lowest BCUT2D eigenvalue weighted by molar-refractivity contribution is 0.0199. The van der Waals surface area contributed by atoms with Crippen LogP contribution < -0.4 is 11.1 Å². The van der Waals surface area contributed by atoms with E-state index in [1.165, 1.54) is 0 Å². The molecule has 0 saturated carbocycles. The second-order valence-electron chi connectivity index (χ2n) is 5.79. The minimum Gasteiger partial charge on any atom is -0.382 e. The maximum Gasteiger partial charge on any atom is 0.158 e. The van der Waals surface area contributed by atoms with E-state index in [9.17, 15) is 0 Å². The van der Waals surface area contributed by atoms with Crippen LogP contribution in [0.2, 0.25) is 0 Å². The van der Waals surface area contributed by atoms with Crippen LogP contribution >= 0.6 is 15.9 Å². The summed E-state index contributed by atoms with van der Waals surface area (Å²) in [4.78, 5) is 14.3. The van der Waals surface area contributed by atoms with Crippen molar-refractivity contribution in [3.05, 3.63) is 11.5 Å². The number of hydrogen-bond donors (Lipinski definition) is 2. The fourth-order valence-electron chi connectivity index (χ4n) is 2.42. The molecule has 1 aliphatic rings. The molecular formula is C17H31BrN6O2. The van der Waals surface area contributed by atoms with E-state index in [0.29, 0.717) is 30.1 Å². The largest absolute Gasteiger partial charge is 0.382 e. The van der Waals surface area contributed by atoms with Crippen molar-refractivity contribution in [3.8, 4) is 0 Å². The smallest absolute Gasteiger partial charge is 0.158 e. The van der Waals surface area contributed by atoms with Gasteiger partial charge in [-0.15, -0.1) is 0 Å². The topological polar surface area (TPSA) is 96.8 Å². The normalized spacial score (nSPS) is 19.0. The SMILES string of the molecule is C=NC(=C(/N=C)N(CBr)CCC1CNCCO1)/C(N)=N\COCCCC. The molecule has 1 atom stereocenters. The minimum atomic E-state index is 0.175. The third-order valence-corrected chi connectivity index (χ3v) is 4.51. The highest BCUT2D eigenvalue weighted by Gasteiger charge is 2.19. The van der Waals surface area contributed by atoms with Crippen LogP contribution in [-0.2, 0) is 9.47 Å². The first-order chi connectivity index (χ1) is 12.7. The van der Waals surface area contributed by atoms with Crippen molar-refractivity contribution >= 4 is 35.2 Å². The standard InChI is InChI=1S/C17H31BrN6O2/c1-4-5-9-25-13-23-16(19)15(20-2)17(21-3)24(12-18)8-6-14-11-22-7-10-26-14/h14,22H,2-13H2,1H3,(H2,19,23)/b17-15-. The number of halogens is 1. The maximum atomic E-state index is 6.07. The third-order valence-electron chi connectivity index (χ3n) is 3.90. The van der Waals surface area contributed by atoms with Crippen molar-refractivity contribution in [1.82, 2.24) is 10.2 Å². The number of nitrogens with one attached hydrogen (secondary N) is 1. The highest BCUT2D eigenvalue weighted by atomic mass is 79.9. The maximum absolute atomic E-state index is 6.07. The number of rotatable bonds is 13. The lowest BCUT2D eigenvalue weighted by Crippen LogP contribution is -2.40. The molecule has 8 nitrogen and oxygen atoms in total. The molecule has 1 saturated heterocycles. The van der Waals surface area contributed by atoms with E-state index in [4.69, 9.17) is 15.2 Å². The molecule has 0 spiro atoms. The molecule has 0 aromatic carbocycles. The van der Waals surface area contributed by atoms with Gasteiger partial charge in [0.15, 0.2) is 11.7 Å². The Morgan fingerprint density at radius 1 is 1.42 bits per heavy atom. The second kappa shape index (κ2) is 13.9. The lowest BCUT2D eigenvalue weighted by Gasteiger charge is -2.28. The van der Waals surface area contributed by atoms with Crippen LogP contribution in [-0.4, -0.2) is 75.3 Å². The van der Waals surface area contributed by atoms with Crippen LogP contribution in [0.1, 0.15) is 26.2 Å². The molecule has 1 aliphatic heterocycles. The molecule has 0 amide bonds. The number of alkyl halides is 1. The van der Waals surface area contributed by atoms with Crippen molar-refractivity contribution in [3.63, 3.8) is 0 Å². The molecule has 0 aliphatic carbocycles. The van der Waals surface area contributed by atoms with E-state index in [1.54, 1.807) is 0 Å². The summed E-state index contributed by atoms with van der Waals surface area (Å²) >= 11 is 3.49. The molecule has 3 N–H and O–H groups in total. The van der Waals surface area contributed by atoms with Crippen LogP contribution in [0.5, 0.6) is 0 Å². The van der Waals surface area contributed by atoms with Crippen molar-refractivity contribution < 1.29 is 9.47 Å². The molecule has 1 unspecified atom stereocenters. The molecule has 0 aromatic rings. The van der Waals surface area contributed by atoms with Gasteiger partial charge in [0.05, 0.1) is 18.2 Å². The molecule has 26 heavy (non-hydrogen) atoms. The summed E-state index contributed by atoms with van der Waals surface area (Å²) in [5.74, 6) is 0.774. The number of ether oxygens (including phenoxy) is 2. The monoisotopic (exact) mass is 430 g/mol. The van der Waals surface area contributed by atoms with E-state index in [1.807, 2.05) is 4.90 Å². The van der Waals surface area contributed by atoms with E-state index in [0.717, 1.165) is 39.0 Å². The van der Waals surface area contributed by atoms with Crippen LogP contribution in [0.15, 0.2) is 26.5 Å². The summed E-state index contributed by atoms with van der Waals surface area (Å²) in [6.07, 6.45) is 3.09. The first-order valence-corrected chi connectivity index (χ1v) is 9.99. The number of unbranched alkanes of at least 4 members (excludes halogenated alkanes) is 1. The zero-order valence-corrected chi connectivity index (χ0v) is 17.2. The predicted molar refractivity (Wildman–Crippen MR) is 111 cm³/mol. The lowest BCUT2D eigenvalue weighted by atomic mass is 10.2. The average Bonchev–Trinajstić information content (AvgIpc) is 2.68. The second-order valence-corrected chi connectivity index (χ2v) is 6.29. The van der Waals surface area contributed by atoms with E-state index in [2.05, 4.69) is 56.6 Å². The number of aliphatic imine (C=N–C) groups is 3. The van der Waals surface area contributed by atoms with Gasteiger partial charge in [-0.25, -0.2) is 9.98 Å². The number of hydrogen-bond acceptors (Lipinski definition) is 7. The summed E-state index contributed by atoms with van der Waals surface area (Å²) in [6, 6.07) is 0. The van der Waals surface area contributed by atoms with Gasteiger partial charge in [-0.05, 0) is 26.3 Å². The molecule has 0 bridgehead atoms. The summed E-state index contributed by atoms with van der Waals surface area (Å²) in [5.41, 5.74) is 7.03. The number of morpholine rings is 1. The molecule has 1 heterocycles. The van der Waals surface area contributed by atoms with Gasteiger partial charge in [0.25, 0.3) is 0 Å². The van der Waals surface area contributed by atoms with E-state index in [-0.39, 0.29) is 18.7 Å². The van der Waals surface area contributed by atoms with Crippen LogP contribution in [0.3, 0.4) is 0 Å².